The minimum atomic E-state index is -0.358. The highest BCUT2D eigenvalue weighted by atomic mass is 32.1. The molecule has 1 unspecified atom stereocenters. The van der Waals surface area contributed by atoms with Gasteiger partial charge in [-0.05, 0) is 6.92 Å². The summed E-state index contributed by atoms with van der Waals surface area (Å²) in [6.07, 6.45) is 4.32. The van der Waals surface area contributed by atoms with E-state index < -0.39 is 0 Å². The Hall–Kier alpha value is -1.49. The molecule has 0 fully saturated rings. The fraction of sp³-hybridized carbons (Fsp3) is 0.222. The molecule has 0 saturated heterocycles. The lowest BCUT2D eigenvalue weighted by Gasteiger charge is -2.01. The number of hydrogen-bond acceptors (Lipinski definition) is 4. The van der Waals surface area contributed by atoms with Crippen molar-refractivity contribution < 1.29 is 4.79 Å². The molecule has 0 amide bonds. The van der Waals surface area contributed by atoms with Crippen LogP contribution < -0.4 is 0 Å². The molecule has 2 heterocycles. The number of carbonyl (C=O) groups is 1. The van der Waals surface area contributed by atoms with Gasteiger partial charge >= 0.3 is 0 Å². The largest absolute Gasteiger partial charge is 0.347 e. The Balaban J connectivity index is 2.35. The van der Waals surface area contributed by atoms with Crippen LogP contribution in [-0.4, -0.2) is 21.2 Å². The molecule has 0 aliphatic carbocycles. The third-order valence-corrected chi connectivity index (χ3v) is 2.73. The van der Waals surface area contributed by atoms with Crippen LogP contribution in [0.1, 0.15) is 22.4 Å². The number of imidazole rings is 1. The number of aldehydes is 1. The van der Waals surface area contributed by atoms with E-state index in [9.17, 15) is 4.79 Å². The summed E-state index contributed by atoms with van der Waals surface area (Å²) in [6.45, 7) is 1.88. The maximum atomic E-state index is 10.9. The van der Waals surface area contributed by atoms with Crippen LogP contribution in [0.5, 0.6) is 0 Å². The van der Waals surface area contributed by atoms with Crippen LogP contribution in [0.4, 0.5) is 0 Å². The molecular weight excluding hydrogens is 198 g/mol. The molecule has 0 aliphatic heterocycles. The van der Waals surface area contributed by atoms with Gasteiger partial charge in [0.2, 0.25) is 0 Å². The second kappa shape index (κ2) is 3.71. The molecule has 0 spiro atoms. The molecule has 1 N–H and O–H groups in total. The molecule has 2 aromatic rings. The molecule has 0 saturated carbocycles. The average Bonchev–Trinajstić information content (AvgIpc) is 2.79. The molecule has 2 rings (SSSR count). The van der Waals surface area contributed by atoms with E-state index in [2.05, 4.69) is 15.0 Å². The first-order valence-corrected chi connectivity index (χ1v) is 5.06. The van der Waals surface area contributed by atoms with Gasteiger partial charge in [0.1, 0.15) is 23.0 Å². The van der Waals surface area contributed by atoms with Gasteiger partial charge in [0.05, 0.1) is 5.69 Å². The normalized spacial score (nSPS) is 12.6. The summed E-state index contributed by atoms with van der Waals surface area (Å²) in [7, 11) is 0. The molecule has 2 aromatic heterocycles. The van der Waals surface area contributed by atoms with E-state index in [1.165, 1.54) is 11.3 Å². The molecular formula is C9H9N3OS. The molecule has 0 aliphatic rings. The first-order valence-electron chi connectivity index (χ1n) is 4.18. The third kappa shape index (κ3) is 1.58. The highest BCUT2D eigenvalue weighted by molar-refractivity contribution is 7.09. The number of nitrogens with one attached hydrogen (secondary N) is 1. The van der Waals surface area contributed by atoms with Crippen LogP contribution in [-0.2, 0) is 4.79 Å². The van der Waals surface area contributed by atoms with Gasteiger partial charge in [-0.3, -0.25) is 0 Å². The highest BCUT2D eigenvalue weighted by Gasteiger charge is 2.18. The first-order chi connectivity index (χ1) is 6.81. The van der Waals surface area contributed by atoms with Crippen LogP contribution in [0, 0.1) is 6.92 Å². The smallest absolute Gasteiger partial charge is 0.137 e. The van der Waals surface area contributed by atoms with Crippen molar-refractivity contribution in [2.24, 2.45) is 0 Å². The van der Waals surface area contributed by atoms with Crippen LogP contribution in [0.3, 0.4) is 0 Å². The number of nitrogens with zero attached hydrogens (tertiary/aromatic N) is 2. The van der Waals surface area contributed by atoms with Gasteiger partial charge in [-0.25, -0.2) is 9.97 Å². The summed E-state index contributed by atoms with van der Waals surface area (Å²) >= 11 is 1.46. The van der Waals surface area contributed by atoms with E-state index in [1.54, 1.807) is 12.4 Å². The minimum Gasteiger partial charge on any atom is -0.347 e. The van der Waals surface area contributed by atoms with Gasteiger partial charge < -0.3 is 9.78 Å². The highest BCUT2D eigenvalue weighted by Crippen LogP contribution is 2.21. The Morgan fingerprint density at radius 1 is 1.64 bits per heavy atom. The van der Waals surface area contributed by atoms with Crippen molar-refractivity contribution in [3.8, 4) is 0 Å². The lowest BCUT2D eigenvalue weighted by molar-refractivity contribution is -0.108. The molecule has 0 bridgehead atoms. The molecule has 0 radical (unpaired) electrons. The molecule has 14 heavy (non-hydrogen) atoms. The van der Waals surface area contributed by atoms with E-state index in [0.717, 1.165) is 17.0 Å². The second-order valence-electron chi connectivity index (χ2n) is 2.91. The lowest BCUT2D eigenvalue weighted by atomic mass is 10.2. The Morgan fingerprint density at radius 3 is 3.00 bits per heavy atom. The Labute approximate surface area is 85.0 Å². The number of carbonyl (C=O) groups excluding carboxylic acids is 1. The zero-order valence-electron chi connectivity index (χ0n) is 7.60. The quantitative estimate of drug-likeness (QED) is 0.776. The van der Waals surface area contributed by atoms with Gasteiger partial charge in [0.25, 0.3) is 0 Å². The summed E-state index contributed by atoms with van der Waals surface area (Å²) in [5, 5.41) is 2.62. The zero-order valence-corrected chi connectivity index (χ0v) is 8.41. The van der Waals surface area contributed by atoms with Gasteiger partial charge in [0.15, 0.2) is 0 Å². The zero-order chi connectivity index (χ0) is 9.97. The van der Waals surface area contributed by atoms with Gasteiger partial charge in [-0.2, -0.15) is 0 Å². The summed E-state index contributed by atoms with van der Waals surface area (Å²) in [6, 6.07) is 0. The van der Waals surface area contributed by atoms with Crippen molar-refractivity contribution in [2.75, 3.05) is 0 Å². The summed E-state index contributed by atoms with van der Waals surface area (Å²) in [5.74, 6) is 0.302. The van der Waals surface area contributed by atoms with Crippen LogP contribution in [0.15, 0.2) is 17.8 Å². The fourth-order valence-electron chi connectivity index (χ4n) is 1.22. The Kier molecular flexibility index (Phi) is 2.41. The number of aryl methyl sites for hydroxylation is 1. The lowest BCUT2D eigenvalue weighted by Crippen LogP contribution is -2.03. The first kappa shape index (κ1) is 9.08. The van der Waals surface area contributed by atoms with Crippen molar-refractivity contribution in [3.05, 3.63) is 34.3 Å². The van der Waals surface area contributed by atoms with E-state index >= 15 is 0 Å². The number of H-pyrrole nitrogens is 1. The predicted octanol–water partition coefficient (Wildman–Crippen LogP) is 1.51. The maximum Gasteiger partial charge on any atom is 0.137 e. The van der Waals surface area contributed by atoms with Gasteiger partial charge in [0, 0.05) is 17.8 Å². The molecule has 72 valence electrons. The van der Waals surface area contributed by atoms with Crippen LogP contribution in [0.25, 0.3) is 0 Å². The number of rotatable bonds is 3. The van der Waals surface area contributed by atoms with E-state index in [4.69, 9.17) is 0 Å². The number of aromatic amines is 1. The van der Waals surface area contributed by atoms with Crippen molar-refractivity contribution in [1.82, 2.24) is 15.0 Å². The summed E-state index contributed by atoms with van der Waals surface area (Å²) in [5.41, 5.74) is 0.878. The fourth-order valence-corrected chi connectivity index (χ4v) is 1.92. The van der Waals surface area contributed by atoms with Crippen molar-refractivity contribution in [2.45, 2.75) is 12.8 Å². The number of thiazole rings is 1. The molecule has 4 nitrogen and oxygen atoms in total. The number of aromatic nitrogens is 3. The van der Waals surface area contributed by atoms with Gasteiger partial charge in [-0.15, -0.1) is 11.3 Å². The minimum absolute atomic E-state index is 0.358. The molecule has 1 atom stereocenters. The van der Waals surface area contributed by atoms with Gasteiger partial charge in [-0.1, -0.05) is 0 Å². The number of hydrogen-bond donors (Lipinski definition) is 1. The predicted molar refractivity (Wildman–Crippen MR) is 53.3 cm³/mol. The monoisotopic (exact) mass is 207 g/mol. The molecule has 5 heteroatoms. The summed E-state index contributed by atoms with van der Waals surface area (Å²) < 4.78 is 0. The van der Waals surface area contributed by atoms with Crippen LogP contribution >= 0.6 is 11.3 Å². The van der Waals surface area contributed by atoms with E-state index in [1.807, 2.05) is 12.3 Å². The van der Waals surface area contributed by atoms with Crippen molar-refractivity contribution in [3.63, 3.8) is 0 Å². The Bertz CT molecular complexity index is 421. The molecule has 0 aromatic carbocycles. The average molecular weight is 207 g/mol. The van der Waals surface area contributed by atoms with Crippen molar-refractivity contribution in [1.29, 1.82) is 0 Å². The van der Waals surface area contributed by atoms with E-state index in [-0.39, 0.29) is 5.92 Å². The van der Waals surface area contributed by atoms with Crippen LogP contribution in [0.2, 0.25) is 0 Å². The standard InChI is InChI=1S/C9H9N3OS/c1-6-4-11-8(12-6)7(5-13)9-10-2-3-14-9/h2-5,7H,1H3,(H,11,12). The third-order valence-electron chi connectivity index (χ3n) is 1.87. The SMILES string of the molecule is Cc1c[nH]c(C(C=O)c2nccs2)n1. The van der Waals surface area contributed by atoms with E-state index in [0.29, 0.717) is 5.82 Å². The summed E-state index contributed by atoms with van der Waals surface area (Å²) in [4.78, 5) is 22.2. The maximum absolute atomic E-state index is 10.9. The second-order valence-corrected chi connectivity index (χ2v) is 3.84. The van der Waals surface area contributed by atoms with Crippen molar-refractivity contribution >= 4 is 17.6 Å². The topological polar surface area (TPSA) is 58.6 Å². The Morgan fingerprint density at radius 2 is 2.50 bits per heavy atom.